The van der Waals surface area contributed by atoms with Gasteiger partial charge in [0.1, 0.15) is 5.69 Å². The molecule has 0 amide bonds. The molecule has 106 valence electrons. The van der Waals surface area contributed by atoms with Crippen LogP contribution in [0.3, 0.4) is 0 Å². The minimum atomic E-state index is -0.388. The zero-order chi connectivity index (χ0) is 14.7. The molecule has 0 unspecified atom stereocenters. The Hall–Kier alpha value is -1.29. The maximum absolute atomic E-state index is 11.7. The normalized spacial score (nSPS) is 10.6. The molecule has 0 fully saturated rings. The van der Waals surface area contributed by atoms with Crippen molar-refractivity contribution in [1.82, 2.24) is 13.9 Å². The molecule has 2 aromatic heterocycles. The molecule has 0 atom stereocenters. The number of nitrogen functional groups attached to an aromatic ring is 1. The Morgan fingerprint density at radius 2 is 2.35 bits per heavy atom. The van der Waals surface area contributed by atoms with E-state index >= 15 is 0 Å². The molecule has 0 saturated heterocycles. The number of halogens is 1. The summed E-state index contributed by atoms with van der Waals surface area (Å²) in [7, 11) is 2.74. The Labute approximate surface area is 132 Å². The first-order valence-electron chi connectivity index (χ1n) is 5.82. The Morgan fingerprint density at radius 1 is 1.60 bits per heavy atom. The predicted octanol–water partition coefficient (Wildman–Crippen LogP) is 2.72. The Balaban J connectivity index is 2.56. The third kappa shape index (κ3) is 2.90. The largest absolute Gasteiger partial charge is 0.464 e. The smallest absolute Gasteiger partial charge is 0.355 e. The van der Waals surface area contributed by atoms with Gasteiger partial charge in [0.05, 0.1) is 12.8 Å². The van der Waals surface area contributed by atoms with E-state index in [4.69, 9.17) is 10.5 Å². The number of hydrogen-bond acceptors (Lipinski definition) is 6. The molecular weight excluding hydrogens is 391 g/mol. The van der Waals surface area contributed by atoms with Crippen LogP contribution in [0.2, 0.25) is 0 Å². The van der Waals surface area contributed by atoms with Crippen LogP contribution >= 0.6 is 30.3 Å². The van der Waals surface area contributed by atoms with Gasteiger partial charge in [0, 0.05) is 48.3 Å². The molecule has 0 bridgehead atoms. The summed E-state index contributed by atoms with van der Waals surface area (Å²) in [6.07, 6.45) is 4.33. The van der Waals surface area contributed by atoms with E-state index in [1.54, 1.807) is 16.2 Å². The number of rotatable bonds is 4. The minimum absolute atomic E-state index is 0.215. The molecule has 8 heteroatoms. The van der Waals surface area contributed by atoms with Crippen LogP contribution in [0.15, 0.2) is 18.5 Å². The summed E-state index contributed by atoms with van der Waals surface area (Å²) < 4.78 is 6.51. The molecule has 0 spiro atoms. The molecule has 20 heavy (non-hydrogen) atoms. The van der Waals surface area contributed by atoms with Crippen molar-refractivity contribution in [2.24, 2.45) is 0 Å². The molecule has 2 heterocycles. The molecule has 0 aromatic carbocycles. The highest BCUT2D eigenvalue weighted by Crippen LogP contribution is 2.29. The summed E-state index contributed by atoms with van der Waals surface area (Å²) in [5, 5.41) is 0. The average molecular weight is 404 g/mol. The van der Waals surface area contributed by atoms with E-state index < -0.39 is 0 Å². The lowest BCUT2D eigenvalue weighted by Gasteiger charge is -2.04. The number of nitrogens with two attached hydrogens (primary N) is 1. The van der Waals surface area contributed by atoms with Gasteiger partial charge in [-0.25, -0.2) is 14.8 Å². The van der Waals surface area contributed by atoms with E-state index in [2.05, 4.69) is 31.2 Å². The fourth-order valence-corrected chi connectivity index (χ4v) is 3.15. The van der Waals surface area contributed by atoms with E-state index in [-0.39, 0.29) is 11.9 Å². The average Bonchev–Trinajstić information content (AvgIpc) is 2.90. The summed E-state index contributed by atoms with van der Waals surface area (Å²) in [6, 6.07) is 1.75. The monoisotopic (exact) mass is 404 g/mol. The zero-order valence-corrected chi connectivity index (χ0v) is 13.9. The summed E-state index contributed by atoms with van der Waals surface area (Å²) in [4.78, 5) is 20.0. The van der Waals surface area contributed by atoms with Crippen molar-refractivity contribution in [2.75, 3.05) is 12.8 Å². The van der Waals surface area contributed by atoms with Gasteiger partial charge in [-0.2, -0.15) is 0 Å². The second-order valence-electron chi connectivity index (χ2n) is 3.96. The van der Waals surface area contributed by atoms with Crippen LogP contribution in [-0.2, 0) is 11.2 Å². The van der Waals surface area contributed by atoms with E-state index in [9.17, 15) is 4.79 Å². The number of anilines is 1. The fraction of sp³-hybridized carbons (Fsp3) is 0.250. The Kier molecular flexibility index (Phi) is 4.86. The Bertz CT molecular complexity index is 644. The third-order valence-electron chi connectivity index (χ3n) is 2.79. The molecule has 6 nitrogen and oxygen atoms in total. The maximum atomic E-state index is 11.7. The van der Waals surface area contributed by atoms with Crippen molar-refractivity contribution in [1.29, 1.82) is 0 Å². The number of aryl methyl sites for hydroxylation is 1. The first kappa shape index (κ1) is 15.1. The topological polar surface area (TPSA) is 83.0 Å². The number of methoxy groups -OCH3 is 1. The van der Waals surface area contributed by atoms with Crippen LogP contribution in [-0.4, -0.2) is 27.0 Å². The van der Waals surface area contributed by atoms with Gasteiger partial charge in [0.15, 0.2) is 0 Å². The second-order valence-corrected chi connectivity index (χ2v) is 5.67. The van der Waals surface area contributed by atoms with Gasteiger partial charge in [0.25, 0.3) is 0 Å². The van der Waals surface area contributed by atoms with Crippen molar-refractivity contribution in [2.45, 2.75) is 13.3 Å². The van der Waals surface area contributed by atoms with Crippen molar-refractivity contribution >= 4 is 42.2 Å². The number of nitrogens with zero attached hydrogens (tertiary/aromatic N) is 3. The van der Waals surface area contributed by atoms with Gasteiger partial charge < -0.3 is 10.5 Å². The van der Waals surface area contributed by atoms with Crippen molar-refractivity contribution in [3.63, 3.8) is 0 Å². The maximum Gasteiger partial charge on any atom is 0.355 e. The van der Waals surface area contributed by atoms with Gasteiger partial charge in [0.2, 0.25) is 5.95 Å². The molecule has 0 aliphatic heterocycles. The number of hydrogen-bond donors (Lipinski definition) is 1. The molecule has 2 rings (SSSR count). The molecular formula is C12H13IN4O2S. The van der Waals surface area contributed by atoms with Crippen molar-refractivity contribution in [3.05, 3.63) is 29.7 Å². The Morgan fingerprint density at radius 3 is 2.95 bits per heavy atom. The highest BCUT2D eigenvalue weighted by Gasteiger charge is 2.17. The van der Waals surface area contributed by atoms with Crippen LogP contribution in [0, 0.1) is 0 Å². The quantitative estimate of drug-likeness (QED) is 0.624. The number of ether oxygens (including phenoxy) is 1. The number of esters is 1. The molecule has 0 radical (unpaired) electrons. The van der Waals surface area contributed by atoms with Crippen molar-refractivity contribution in [3.8, 4) is 11.3 Å². The fourth-order valence-electron chi connectivity index (χ4n) is 1.81. The molecule has 0 aliphatic rings. The standard InChI is InChI=1S/C12H13IN4O2S/c1-3-7-5-15-12(14)16-10(7)8-4-9(11(18)19-2)17(6-8)20-13/h4-6H,3H2,1-2H3,(H2,14,15,16). The van der Waals surface area contributed by atoms with Gasteiger partial charge in [-0.1, -0.05) is 6.92 Å². The summed E-state index contributed by atoms with van der Waals surface area (Å²) in [5.41, 5.74) is 8.66. The van der Waals surface area contributed by atoms with Gasteiger partial charge in [-0.15, -0.1) is 0 Å². The lowest BCUT2D eigenvalue weighted by atomic mass is 10.1. The number of carbonyl (C=O) groups excluding carboxylic acids is 1. The number of carbonyl (C=O) groups is 1. The van der Waals surface area contributed by atoms with Crippen LogP contribution < -0.4 is 5.73 Å². The lowest BCUT2D eigenvalue weighted by Crippen LogP contribution is -2.04. The first-order chi connectivity index (χ1) is 9.60. The number of aromatic nitrogens is 3. The summed E-state index contributed by atoms with van der Waals surface area (Å²) >= 11 is 2.10. The van der Waals surface area contributed by atoms with Crippen LogP contribution in [0.4, 0.5) is 5.95 Å². The molecule has 2 N–H and O–H groups in total. The lowest BCUT2D eigenvalue weighted by molar-refractivity contribution is 0.0593. The zero-order valence-electron chi connectivity index (χ0n) is 11.0. The van der Waals surface area contributed by atoms with E-state index in [1.165, 1.54) is 16.2 Å². The van der Waals surface area contributed by atoms with E-state index in [0.717, 1.165) is 23.2 Å². The van der Waals surface area contributed by atoms with Crippen LogP contribution in [0.1, 0.15) is 23.0 Å². The van der Waals surface area contributed by atoms with Gasteiger partial charge >= 0.3 is 5.97 Å². The van der Waals surface area contributed by atoms with Crippen LogP contribution in [0.25, 0.3) is 11.3 Å². The van der Waals surface area contributed by atoms with Crippen molar-refractivity contribution < 1.29 is 9.53 Å². The SMILES string of the molecule is CCc1cnc(N)nc1-c1cc(C(=O)OC)n(SI)c1. The highest BCUT2D eigenvalue weighted by atomic mass is 127. The van der Waals surface area contributed by atoms with E-state index in [0.29, 0.717) is 5.69 Å². The highest BCUT2D eigenvalue weighted by molar-refractivity contribution is 14.2. The predicted molar refractivity (Wildman–Crippen MR) is 87.6 cm³/mol. The molecule has 2 aromatic rings. The second kappa shape index (κ2) is 6.44. The molecule has 0 saturated carbocycles. The minimum Gasteiger partial charge on any atom is -0.464 e. The van der Waals surface area contributed by atoms with Gasteiger partial charge in [-0.05, 0) is 18.1 Å². The van der Waals surface area contributed by atoms with Crippen LogP contribution in [0.5, 0.6) is 0 Å². The summed E-state index contributed by atoms with van der Waals surface area (Å²) in [5.74, 6) is -0.174. The van der Waals surface area contributed by atoms with Gasteiger partial charge in [-0.3, -0.25) is 3.97 Å². The summed E-state index contributed by atoms with van der Waals surface area (Å²) in [6.45, 7) is 2.02. The van der Waals surface area contributed by atoms with E-state index in [1.807, 2.05) is 13.1 Å². The first-order valence-corrected chi connectivity index (χ1v) is 9.13. The third-order valence-corrected chi connectivity index (χ3v) is 4.52. The molecule has 0 aliphatic carbocycles.